The van der Waals surface area contributed by atoms with E-state index >= 15 is 0 Å². The Morgan fingerprint density at radius 2 is 2.17 bits per heavy atom. The molecule has 1 amide bonds. The summed E-state index contributed by atoms with van der Waals surface area (Å²) < 4.78 is 5.26. The Bertz CT molecular complexity index is 330. The molecular weight excluding hydrogens is 230 g/mol. The second-order valence-electron chi connectivity index (χ2n) is 4.99. The summed E-state index contributed by atoms with van der Waals surface area (Å²) >= 11 is 0. The van der Waals surface area contributed by atoms with Crippen LogP contribution in [-0.2, 0) is 9.53 Å². The van der Waals surface area contributed by atoms with Crippen molar-refractivity contribution < 1.29 is 9.53 Å². The molecule has 1 heterocycles. The number of carbonyl (C=O) groups excluding carboxylic acids is 1. The van der Waals surface area contributed by atoms with E-state index in [9.17, 15) is 4.79 Å². The third kappa shape index (κ3) is 3.21. The van der Waals surface area contributed by atoms with Crippen molar-refractivity contribution in [1.82, 2.24) is 9.80 Å². The second-order valence-corrected chi connectivity index (χ2v) is 4.99. The molecule has 100 valence electrons. The fraction of sp³-hybridized carbons (Fsp3) is 0.846. The molecule has 0 spiro atoms. The van der Waals surface area contributed by atoms with Gasteiger partial charge in [0.25, 0.3) is 0 Å². The molecule has 1 aliphatic heterocycles. The third-order valence-corrected chi connectivity index (χ3v) is 3.68. The van der Waals surface area contributed by atoms with Gasteiger partial charge in [-0.15, -0.1) is 0 Å². The van der Waals surface area contributed by atoms with Gasteiger partial charge in [-0.2, -0.15) is 5.26 Å². The summed E-state index contributed by atoms with van der Waals surface area (Å²) in [6.45, 7) is 5.34. The normalized spacial score (nSPS) is 21.7. The predicted molar refractivity (Wildman–Crippen MR) is 66.8 cm³/mol. The molecule has 1 unspecified atom stereocenters. The fourth-order valence-corrected chi connectivity index (χ4v) is 2.47. The Balaban J connectivity index is 1.91. The van der Waals surface area contributed by atoms with Crippen LogP contribution in [0.15, 0.2) is 0 Å². The SMILES string of the molecule is CC(C(=O)N1CCOCC1)N(CCC#N)C1CC1. The number of carbonyl (C=O) groups is 1. The van der Waals surface area contributed by atoms with E-state index in [1.165, 1.54) is 0 Å². The zero-order valence-electron chi connectivity index (χ0n) is 11.0. The van der Waals surface area contributed by atoms with Gasteiger partial charge in [0.15, 0.2) is 0 Å². The Morgan fingerprint density at radius 1 is 1.50 bits per heavy atom. The van der Waals surface area contributed by atoms with E-state index in [0.29, 0.717) is 45.3 Å². The third-order valence-electron chi connectivity index (χ3n) is 3.68. The first-order valence-electron chi connectivity index (χ1n) is 6.73. The van der Waals surface area contributed by atoms with Crippen LogP contribution < -0.4 is 0 Å². The summed E-state index contributed by atoms with van der Waals surface area (Å²) in [7, 11) is 0. The molecule has 2 aliphatic rings. The maximum Gasteiger partial charge on any atom is 0.239 e. The minimum absolute atomic E-state index is 0.107. The zero-order valence-corrected chi connectivity index (χ0v) is 11.0. The van der Waals surface area contributed by atoms with Crippen LogP contribution in [0.5, 0.6) is 0 Å². The number of rotatable bonds is 5. The average molecular weight is 251 g/mol. The first-order chi connectivity index (χ1) is 8.74. The van der Waals surface area contributed by atoms with Crippen molar-refractivity contribution >= 4 is 5.91 Å². The quantitative estimate of drug-likeness (QED) is 0.718. The van der Waals surface area contributed by atoms with Gasteiger partial charge < -0.3 is 9.64 Å². The second kappa shape index (κ2) is 6.17. The van der Waals surface area contributed by atoms with Gasteiger partial charge in [-0.25, -0.2) is 0 Å². The lowest BCUT2D eigenvalue weighted by molar-refractivity contribution is -0.140. The highest BCUT2D eigenvalue weighted by atomic mass is 16.5. The summed E-state index contributed by atoms with van der Waals surface area (Å²) in [5.74, 6) is 0.183. The average Bonchev–Trinajstić information content (AvgIpc) is 3.24. The van der Waals surface area contributed by atoms with Crippen LogP contribution in [0.4, 0.5) is 0 Å². The van der Waals surface area contributed by atoms with Crippen molar-refractivity contribution in [3.05, 3.63) is 0 Å². The Kier molecular flexibility index (Phi) is 4.56. The van der Waals surface area contributed by atoms with Gasteiger partial charge in [-0.3, -0.25) is 9.69 Å². The molecule has 1 saturated carbocycles. The minimum atomic E-state index is -0.107. The van der Waals surface area contributed by atoms with E-state index in [-0.39, 0.29) is 11.9 Å². The van der Waals surface area contributed by atoms with Crippen LogP contribution in [0.2, 0.25) is 0 Å². The molecule has 5 nitrogen and oxygen atoms in total. The molecule has 18 heavy (non-hydrogen) atoms. The number of nitriles is 1. The van der Waals surface area contributed by atoms with Crippen LogP contribution in [0.25, 0.3) is 0 Å². The predicted octanol–water partition coefficient (Wildman–Crippen LogP) is 0.612. The Hall–Kier alpha value is -1.12. The van der Waals surface area contributed by atoms with Crippen molar-refractivity contribution in [2.24, 2.45) is 0 Å². The van der Waals surface area contributed by atoms with Gasteiger partial charge in [0.2, 0.25) is 5.91 Å². The highest BCUT2D eigenvalue weighted by molar-refractivity contribution is 5.81. The van der Waals surface area contributed by atoms with E-state index in [1.54, 1.807) is 0 Å². The molecule has 1 saturated heterocycles. The standard InChI is InChI=1S/C13H21N3O2/c1-11(13(17)15-7-9-18-10-8-15)16(6-2-5-14)12-3-4-12/h11-12H,2-4,6-10H2,1H3. The number of morpholine rings is 1. The number of amides is 1. The molecule has 0 aromatic heterocycles. The smallest absolute Gasteiger partial charge is 0.239 e. The summed E-state index contributed by atoms with van der Waals surface area (Å²) in [4.78, 5) is 16.5. The van der Waals surface area contributed by atoms with E-state index in [4.69, 9.17) is 10.00 Å². The molecule has 0 N–H and O–H groups in total. The first-order valence-corrected chi connectivity index (χ1v) is 6.73. The molecular formula is C13H21N3O2. The van der Waals surface area contributed by atoms with Crippen molar-refractivity contribution in [1.29, 1.82) is 5.26 Å². The van der Waals surface area contributed by atoms with Gasteiger partial charge >= 0.3 is 0 Å². The van der Waals surface area contributed by atoms with Gasteiger partial charge in [0, 0.05) is 32.1 Å². The van der Waals surface area contributed by atoms with E-state index in [1.807, 2.05) is 11.8 Å². The fourth-order valence-electron chi connectivity index (χ4n) is 2.47. The topological polar surface area (TPSA) is 56.6 Å². The maximum absolute atomic E-state index is 12.4. The van der Waals surface area contributed by atoms with Crippen molar-refractivity contribution in [2.45, 2.75) is 38.3 Å². The zero-order chi connectivity index (χ0) is 13.0. The van der Waals surface area contributed by atoms with Gasteiger partial charge in [0.05, 0.1) is 25.3 Å². The number of hydrogen-bond acceptors (Lipinski definition) is 4. The van der Waals surface area contributed by atoms with Crippen LogP contribution in [0.1, 0.15) is 26.2 Å². The highest BCUT2D eigenvalue weighted by Gasteiger charge is 2.36. The van der Waals surface area contributed by atoms with E-state index in [2.05, 4.69) is 11.0 Å². The molecule has 1 atom stereocenters. The van der Waals surface area contributed by atoms with Crippen molar-refractivity contribution in [3.63, 3.8) is 0 Å². The molecule has 0 aromatic carbocycles. The number of hydrogen-bond donors (Lipinski definition) is 0. The van der Waals surface area contributed by atoms with E-state index < -0.39 is 0 Å². The Morgan fingerprint density at radius 3 is 2.72 bits per heavy atom. The molecule has 0 aromatic rings. The number of nitrogens with zero attached hydrogens (tertiary/aromatic N) is 3. The molecule has 0 bridgehead atoms. The van der Waals surface area contributed by atoms with E-state index in [0.717, 1.165) is 12.8 Å². The van der Waals surface area contributed by atoms with Crippen molar-refractivity contribution in [3.8, 4) is 6.07 Å². The van der Waals surface area contributed by atoms with Crippen molar-refractivity contribution in [2.75, 3.05) is 32.8 Å². The lowest BCUT2D eigenvalue weighted by Gasteiger charge is -2.34. The lowest BCUT2D eigenvalue weighted by atomic mass is 10.2. The molecule has 2 fully saturated rings. The molecule has 1 aliphatic carbocycles. The summed E-state index contributed by atoms with van der Waals surface area (Å²) in [5, 5.41) is 8.70. The highest BCUT2D eigenvalue weighted by Crippen LogP contribution is 2.29. The monoisotopic (exact) mass is 251 g/mol. The maximum atomic E-state index is 12.4. The summed E-state index contributed by atoms with van der Waals surface area (Å²) in [6.07, 6.45) is 2.82. The van der Waals surface area contributed by atoms with Crippen LogP contribution in [0, 0.1) is 11.3 Å². The first kappa shape index (κ1) is 13.3. The lowest BCUT2D eigenvalue weighted by Crippen LogP contribution is -2.51. The van der Waals surface area contributed by atoms with Gasteiger partial charge in [-0.05, 0) is 19.8 Å². The largest absolute Gasteiger partial charge is 0.378 e. The van der Waals surface area contributed by atoms with Gasteiger partial charge in [-0.1, -0.05) is 0 Å². The van der Waals surface area contributed by atoms with Crippen LogP contribution in [-0.4, -0.2) is 60.6 Å². The minimum Gasteiger partial charge on any atom is -0.378 e. The van der Waals surface area contributed by atoms with Crippen LogP contribution in [0.3, 0.4) is 0 Å². The molecule has 5 heteroatoms. The van der Waals surface area contributed by atoms with Gasteiger partial charge in [0.1, 0.15) is 0 Å². The molecule has 0 radical (unpaired) electrons. The summed E-state index contributed by atoms with van der Waals surface area (Å²) in [5.41, 5.74) is 0. The summed E-state index contributed by atoms with van der Waals surface area (Å²) in [6, 6.07) is 2.57. The number of ether oxygens (including phenoxy) is 1. The molecule has 2 rings (SSSR count). The van der Waals surface area contributed by atoms with Crippen LogP contribution >= 0.6 is 0 Å². The Labute approximate surface area is 108 Å².